The van der Waals surface area contributed by atoms with Crippen LogP contribution in [0.4, 0.5) is 0 Å². The SMILES string of the molecule is N#Cc1cccc2c3cccc4c3n(c12)-c1cccc2c1B4c1ccccc1C2(c1ccccc1)c1ccccc1. The van der Waals surface area contributed by atoms with Gasteiger partial charge in [0.1, 0.15) is 6.07 Å². The van der Waals surface area contributed by atoms with Gasteiger partial charge in [-0.05, 0) is 45.3 Å². The number of fused-ring (bicyclic) bond motifs is 7. The predicted octanol–water partition coefficient (Wildman–Crippen LogP) is 6.18. The van der Waals surface area contributed by atoms with Crippen molar-refractivity contribution in [2.75, 3.05) is 0 Å². The molecule has 0 spiro atoms. The number of nitriles is 1. The van der Waals surface area contributed by atoms with Crippen molar-refractivity contribution in [2.24, 2.45) is 0 Å². The molecular formula is C38H23BN2. The first-order valence-corrected chi connectivity index (χ1v) is 14.1. The Balaban J connectivity index is 1.54. The summed E-state index contributed by atoms with van der Waals surface area (Å²) in [6.07, 6.45) is 0. The number of para-hydroxylation sites is 2. The highest BCUT2D eigenvalue weighted by atomic mass is 15.0. The summed E-state index contributed by atoms with van der Waals surface area (Å²) >= 11 is 0. The van der Waals surface area contributed by atoms with Gasteiger partial charge in [-0.25, -0.2) is 0 Å². The number of aromatic nitrogens is 1. The van der Waals surface area contributed by atoms with Gasteiger partial charge >= 0.3 is 0 Å². The molecule has 9 rings (SSSR count). The van der Waals surface area contributed by atoms with Crippen LogP contribution < -0.4 is 16.4 Å². The molecule has 0 saturated carbocycles. The summed E-state index contributed by atoms with van der Waals surface area (Å²) in [6.45, 7) is 0.0870. The Bertz CT molecular complexity index is 2180. The minimum Gasteiger partial charge on any atom is -0.309 e. The summed E-state index contributed by atoms with van der Waals surface area (Å²) in [4.78, 5) is 0. The quantitative estimate of drug-likeness (QED) is 0.251. The van der Waals surface area contributed by atoms with E-state index in [2.05, 4.69) is 138 Å². The van der Waals surface area contributed by atoms with E-state index in [0.29, 0.717) is 5.56 Å². The molecule has 0 bridgehead atoms. The highest BCUT2D eigenvalue weighted by Gasteiger charge is 2.50. The van der Waals surface area contributed by atoms with Gasteiger partial charge in [-0.15, -0.1) is 0 Å². The largest absolute Gasteiger partial charge is 0.309 e. The molecule has 0 fully saturated rings. The monoisotopic (exact) mass is 518 g/mol. The van der Waals surface area contributed by atoms with Crippen molar-refractivity contribution in [3.05, 3.63) is 167 Å². The highest BCUT2D eigenvalue weighted by molar-refractivity contribution is 6.99. The van der Waals surface area contributed by atoms with Crippen LogP contribution in [0.1, 0.15) is 27.8 Å². The predicted molar refractivity (Wildman–Crippen MR) is 168 cm³/mol. The number of rotatable bonds is 2. The molecule has 41 heavy (non-hydrogen) atoms. The first kappa shape index (κ1) is 22.5. The van der Waals surface area contributed by atoms with Gasteiger partial charge in [-0.1, -0.05) is 133 Å². The zero-order valence-electron chi connectivity index (χ0n) is 22.3. The second-order valence-corrected chi connectivity index (χ2v) is 11.1. The van der Waals surface area contributed by atoms with Crippen molar-refractivity contribution in [3.8, 4) is 11.8 Å². The molecule has 0 aliphatic carbocycles. The molecule has 0 saturated heterocycles. The van der Waals surface area contributed by atoms with Crippen molar-refractivity contribution >= 4 is 44.9 Å². The van der Waals surface area contributed by atoms with Crippen LogP contribution >= 0.6 is 0 Å². The van der Waals surface area contributed by atoms with Crippen molar-refractivity contribution < 1.29 is 0 Å². The summed E-state index contributed by atoms with van der Waals surface area (Å²) in [5.74, 6) is 0. The number of benzene rings is 6. The first-order valence-electron chi connectivity index (χ1n) is 14.1. The van der Waals surface area contributed by atoms with Crippen LogP contribution in [0.15, 0.2) is 140 Å². The normalized spacial score (nSPS) is 14.0. The van der Waals surface area contributed by atoms with E-state index in [4.69, 9.17) is 0 Å². The Hall–Kier alpha value is -5.33. The summed E-state index contributed by atoms with van der Waals surface area (Å²) in [7, 11) is 0. The number of nitrogens with zero attached hydrogens (tertiary/aromatic N) is 2. The Morgan fingerprint density at radius 2 is 1.12 bits per heavy atom. The molecule has 2 aliphatic rings. The minimum atomic E-state index is -0.493. The maximum atomic E-state index is 10.2. The van der Waals surface area contributed by atoms with Crippen molar-refractivity contribution in [1.29, 1.82) is 5.26 Å². The van der Waals surface area contributed by atoms with E-state index in [0.717, 1.165) is 10.9 Å². The fourth-order valence-electron chi connectivity index (χ4n) is 7.96. The van der Waals surface area contributed by atoms with Crippen molar-refractivity contribution in [3.63, 3.8) is 0 Å². The highest BCUT2D eigenvalue weighted by Crippen LogP contribution is 2.47. The van der Waals surface area contributed by atoms with Gasteiger partial charge in [-0.3, -0.25) is 0 Å². The average Bonchev–Trinajstić information content (AvgIpc) is 3.39. The molecule has 1 aromatic heterocycles. The van der Waals surface area contributed by atoms with Crippen LogP contribution in [0, 0.1) is 11.3 Å². The Kier molecular flexibility index (Phi) is 4.44. The van der Waals surface area contributed by atoms with E-state index in [1.54, 1.807) is 0 Å². The van der Waals surface area contributed by atoms with Gasteiger partial charge in [0.2, 0.25) is 6.71 Å². The molecular weight excluding hydrogens is 495 g/mol. The Morgan fingerprint density at radius 3 is 1.85 bits per heavy atom. The van der Waals surface area contributed by atoms with Crippen LogP contribution in [0.5, 0.6) is 0 Å². The molecule has 2 aliphatic heterocycles. The second kappa shape index (κ2) is 8.10. The smallest absolute Gasteiger partial charge is 0.247 e. The lowest BCUT2D eigenvalue weighted by Gasteiger charge is -2.46. The van der Waals surface area contributed by atoms with Gasteiger partial charge in [0.25, 0.3) is 0 Å². The fraction of sp³-hybridized carbons (Fsp3) is 0.0263. The summed E-state index contributed by atoms with van der Waals surface area (Å²) in [6, 6.07) is 53.1. The van der Waals surface area contributed by atoms with E-state index < -0.39 is 5.41 Å². The van der Waals surface area contributed by atoms with Crippen LogP contribution in [0.2, 0.25) is 0 Å². The van der Waals surface area contributed by atoms with E-state index in [9.17, 15) is 5.26 Å². The fourth-order valence-corrected chi connectivity index (χ4v) is 7.96. The van der Waals surface area contributed by atoms with Crippen LogP contribution in [0.25, 0.3) is 27.5 Å². The molecule has 3 heterocycles. The van der Waals surface area contributed by atoms with E-state index in [-0.39, 0.29) is 6.71 Å². The zero-order valence-corrected chi connectivity index (χ0v) is 22.3. The lowest BCUT2D eigenvalue weighted by Crippen LogP contribution is -2.64. The van der Waals surface area contributed by atoms with E-state index >= 15 is 0 Å². The Morgan fingerprint density at radius 1 is 0.537 bits per heavy atom. The standard InChI is InChI=1S/C38H23BN2/c40-24-25-12-9-17-28-29-18-10-22-33-37(29)41(36(25)28)34-23-11-20-31-35(34)39(33)32-21-8-7-19-30(32)38(31,26-13-3-1-4-14-26)27-15-5-2-6-16-27/h1-23H. The lowest BCUT2D eigenvalue weighted by molar-refractivity contribution is 0.750. The summed E-state index contributed by atoms with van der Waals surface area (Å²) < 4.78 is 2.38. The van der Waals surface area contributed by atoms with Gasteiger partial charge in [0, 0.05) is 22.0 Å². The van der Waals surface area contributed by atoms with Gasteiger partial charge in [0.15, 0.2) is 0 Å². The molecule has 188 valence electrons. The third-order valence-corrected chi connectivity index (χ3v) is 9.38. The first-order chi connectivity index (χ1) is 20.3. The maximum Gasteiger partial charge on any atom is 0.247 e. The molecule has 0 atom stereocenters. The molecule has 0 unspecified atom stereocenters. The third-order valence-electron chi connectivity index (χ3n) is 9.38. The average molecular weight is 518 g/mol. The molecule has 3 heteroatoms. The Labute approximate surface area is 238 Å². The molecule has 0 radical (unpaired) electrons. The second-order valence-electron chi connectivity index (χ2n) is 11.1. The van der Waals surface area contributed by atoms with Gasteiger partial charge in [0.05, 0.1) is 16.5 Å². The number of hydrogen-bond acceptors (Lipinski definition) is 1. The maximum absolute atomic E-state index is 10.2. The van der Waals surface area contributed by atoms with Crippen molar-refractivity contribution in [1.82, 2.24) is 4.57 Å². The lowest BCUT2D eigenvalue weighted by atomic mass is 9.29. The van der Waals surface area contributed by atoms with Crippen molar-refractivity contribution in [2.45, 2.75) is 5.41 Å². The topological polar surface area (TPSA) is 28.7 Å². The van der Waals surface area contributed by atoms with Gasteiger partial charge < -0.3 is 4.57 Å². The van der Waals surface area contributed by atoms with E-state index in [1.165, 1.54) is 55.2 Å². The van der Waals surface area contributed by atoms with E-state index in [1.807, 2.05) is 12.1 Å². The molecule has 7 aromatic rings. The molecule has 0 amide bonds. The summed E-state index contributed by atoms with van der Waals surface area (Å²) in [5, 5.41) is 12.6. The van der Waals surface area contributed by atoms with Crippen LogP contribution in [0.3, 0.4) is 0 Å². The third kappa shape index (κ3) is 2.67. The summed E-state index contributed by atoms with van der Waals surface area (Å²) in [5.41, 5.74) is 12.7. The zero-order chi connectivity index (χ0) is 27.1. The molecule has 0 N–H and O–H groups in total. The minimum absolute atomic E-state index is 0.0870. The molecule has 6 aromatic carbocycles. The van der Waals surface area contributed by atoms with Gasteiger partial charge in [-0.2, -0.15) is 5.26 Å². The van der Waals surface area contributed by atoms with Crippen LogP contribution in [-0.2, 0) is 5.41 Å². The number of hydrogen-bond donors (Lipinski definition) is 0. The van der Waals surface area contributed by atoms with Crippen LogP contribution in [-0.4, -0.2) is 11.3 Å². The molecule has 2 nitrogen and oxygen atoms in total.